The third kappa shape index (κ3) is 4.21. The Morgan fingerprint density at radius 2 is 1.75 bits per heavy atom. The van der Waals surface area contributed by atoms with Gasteiger partial charge in [-0.15, -0.1) is 10.2 Å². The van der Waals surface area contributed by atoms with E-state index in [-0.39, 0.29) is 24.1 Å². The summed E-state index contributed by atoms with van der Waals surface area (Å²) in [5, 5.41) is 7.66. The molecule has 7 nitrogen and oxygen atoms in total. The number of benzene rings is 1. The summed E-state index contributed by atoms with van der Waals surface area (Å²) in [7, 11) is -3.61. The first-order chi connectivity index (χ1) is 11.5. The van der Waals surface area contributed by atoms with Gasteiger partial charge in [0.1, 0.15) is 5.82 Å². The molecule has 1 N–H and O–H groups in total. The largest absolute Gasteiger partial charge is 0.419 e. The first-order valence-electron chi connectivity index (χ1n) is 6.96. The molecular weight excluding hydrogens is 335 g/mol. The Balaban J connectivity index is 1.63. The number of sulfonamides is 1. The number of hydrogen-bond acceptors (Lipinski definition) is 6. The number of aromatic nitrogens is 3. The Hall–Kier alpha value is -2.65. The maximum absolute atomic E-state index is 12.8. The SMILES string of the molecule is O=S(=O)(Cc1ccc(F)cc1)NCc1nnc(-c2ccncc2)o1. The van der Waals surface area contributed by atoms with Gasteiger partial charge in [-0.3, -0.25) is 4.98 Å². The lowest BCUT2D eigenvalue weighted by atomic mass is 10.2. The van der Waals surface area contributed by atoms with Crippen LogP contribution in [0.4, 0.5) is 4.39 Å². The molecule has 3 rings (SSSR count). The van der Waals surface area contributed by atoms with Crippen molar-refractivity contribution in [3.05, 3.63) is 66.1 Å². The molecule has 0 aliphatic heterocycles. The summed E-state index contributed by atoms with van der Waals surface area (Å²) >= 11 is 0. The van der Waals surface area contributed by atoms with Crippen LogP contribution in [0.3, 0.4) is 0 Å². The highest BCUT2D eigenvalue weighted by atomic mass is 32.2. The molecule has 0 radical (unpaired) electrons. The van der Waals surface area contributed by atoms with Crippen molar-refractivity contribution in [3.8, 4) is 11.5 Å². The van der Waals surface area contributed by atoms with E-state index in [0.29, 0.717) is 11.1 Å². The van der Waals surface area contributed by atoms with Gasteiger partial charge in [-0.2, -0.15) is 0 Å². The number of hydrogen-bond donors (Lipinski definition) is 1. The summed E-state index contributed by atoms with van der Waals surface area (Å²) in [5.74, 6) is -0.258. The molecule has 0 bridgehead atoms. The highest BCUT2D eigenvalue weighted by Gasteiger charge is 2.14. The van der Waals surface area contributed by atoms with Crippen molar-refractivity contribution in [2.45, 2.75) is 12.3 Å². The first-order valence-corrected chi connectivity index (χ1v) is 8.62. The fourth-order valence-corrected chi connectivity index (χ4v) is 3.04. The molecular formula is C15H13FN4O3S. The van der Waals surface area contributed by atoms with Crippen molar-refractivity contribution < 1.29 is 17.2 Å². The van der Waals surface area contributed by atoms with E-state index < -0.39 is 15.8 Å². The zero-order valence-corrected chi connectivity index (χ0v) is 13.2. The molecule has 2 heterocycles. The lowest BCUT2D eigenvalue weighted by molar-refractivity contribution is 0.494. The monoisotopic (exact) mass is 348 g/mol. The van der Waals surface area contributed by atoms with E-state index in [9.17, 15) is 12.8 Å². The molecule has 24 heavy (non-hydrogen) atoms. The number of pyridine rings is 1. The van der Waals surface area contributed by atoms with Crippen LogP contribution >= 0.6 is 0 Å². The minimum Gasteiger partial charge on any atom is -0.419 e. The maximum Gasteiger partial charge on any atom is 0.247 e. The van der Waals surface area contributed by atoms with Crippen molar-refractivity contribution in [2.75, 3.05) is 0 Å². The Kier molecular flexibility index (Phi) is 4.63. The molecule has 2 aromatic heterocycles. The van der Waals surface area contributed by atoms with E-state index in [1.54, 1.807) is 24.5 Å². The van der Waals surface area contributed by atoms with Crippen LogP contribution in [0.1, 0.15) is 11.5 Å². The van der Waals surface area contributed by atoms with E-state index >= 15 is 0 Å². The molecule has 0 saturated carbocycles. The van der Waals surface area contributed by atoms with Crippen LogP contribution in [0.25, 0.3) is 11.5 Å². The Labute approximate surface area is 137 Å². The van der Waals surface area contributed by atoms with Crippen molar-refractivity contribution in [1.29, 1.82) is 0 Å². The van der Waals surface area contributed by atoms with Crippen LogP contribution in [0, 0.1) is 5.82 Å². The van der Waals surface area contributed by atoms with Gasteiger partial charge in [-0.25, -0.2) is 17.5 Å². The molecule has 0 unspecified atom stereocenters. The van der Waals surface area contributed by atoms with Gasteiger partial charge < -0.3 is 4.42 Å². The van der Waals surface area contributed by atoms with E-state index in [2.05, 4.69) is 19.9 Å². The standard InChI is InChI=1S/C15H13FN4O3S/c16-13-3-1-11(2-4-13)10-24(21,22)18-9-14-19-20-15(23-14)12-5-7-17-8-6-12/h1-8,18H,9-10H2. The predicted octanol–water partition coefficient (Wildman–Crippen LogP) is 1.89. The lowest BCUT2D eigenvalue weighted by Crippen LogP contribution is -2.24. The summed E-state index contributed by atoms with van der Waals surface area (Å²) in [5.41, 5.74) is 1.17. The van der Waals surface area contributed by atoms with Crippen molar-refractivity contribution in [1.82, 2.24) is 19.9 Å². The Morgan fingerprint density at radius 3 is 2.46 bits per heavy atom. The van der Waals surface area contributed by atoms with Gasteiger partial charge in [-0.05, 0) is 29.8 Å². The van der Waals surface area contributed by atoms with Gasteiger partial charge in [0.15, 0.2) is 0 Å². The van der Waals surface area contributed by atoms with Gasteiger partial charge in [-0.1, -0.05) is 12.1 Å². The quantitative estimate of drug-likeness (QED) is 0.730. The van der Waals surface area contributed by atoms with Crippen LogP contribution in [-0.4, -0.2) is 23.6 Å². The van der Waals surface area contributed by atoms with Gasteiger partial charge in [0.05, 0.1) is 12.3 Å². The minimum atomic E-state index is -3.61. The highest BCUT2D eigenvalue weighted by Crippen LogP contribution is 2.16. The third-order valence-electron chi connectivity index (χ3n) is 3.11. The predicted molar refractivity (Wildman–Crippen MR) is 83.4 cm³/mol. The summed E-state index contributed by atoms with van der Waals surface area (Å²) in [6.45, 7) is -0.123. The van der Waals surface area contributed by atoms with Gasteiger partial charge in [0.25, 0.3) is 0 Å². The minimum absolute atomic E-state index is 0.123. The summed E-state index contributed by atoms with van der Waals surface area (Å²) in [6, 6.07) is 8.67. The molecule has 0 aliphatic carbocycles. The normalized spacial score (nSPS) is 11.5. The van der Waals surface area contributed by atoms with Crippen molar-refractivity contribution >= 4 is 10.0 Å². The Bertz CT molecular complexity index is 911. The molecule has 0 aliphatic rings. The average Bonchev–Trinajstić information content (AvgIpc) is 3.05. The number of halogens is 1. The summed E-state index contributed by atoms with van der Waals surface area (Å²) in [4.78, 5) is 3.89. The third-order valence-corrected chi connectivity index (χ3v) is 4.40. The lowest BCUT2D eigenvalue weighted by Gasteiger charge is -2.04. The summed E-state index contributed by atoms with van der Waals surface area (Å²) < 4.78 is 44.7. The van der Waals surface area contributed by atoms with Crippen LogP contribution in [0.2, 0.25) is 0 Å². The molecule has 0 saturated heterocycles. The highest BCUT2D eigenvalue weighted by molar-refractivity contribution is 7.88. The van der Waals surface area contributed by atoms with Crippen LogP contribution in [0.5, 0.6) is 0 Å². The Morgan fingerprint density at radius 1 is 1.04 bits per heavy atom. The van der Waals surface area contributed by atoms with Crippen LogP contribution in [-0.2, 0) is 22.3 Å². The molecule has 1 aromatic carbocycles. The van der Waals surface area contributed by atoms with Gasteiger partial charge >= 0.3 is 0 Å². The smallest absolute Gasteiger partial charge is 0.247 e. The van der Waals surface area contributed by atoms with Crippen LogP contribution in [0.15, 0.2) is 53.2 Å². The van der Waals surface area contributed by atoms with Crippen molar-refractivity contribution in [2.24, 2.45) is 0 Å². The van der Waals surface area contributed by atoms with Crippen molar-refractivity contribution in [3.63, 3.8) is 0 Å². The van der Waals surface area contributed by atoms with E-state index in [1.807, 2.05) is 0 Å². The molecule has 0 atom stereocenters. The van der Waals surface area contributed by atoms with Gasteiger partial charge in [0.2, 0.25) is 21.8 Å². The van der Waals surface area contributed by atoms with E-state index in [0.717, 1.165) is 0 Å². The number of nitrogens with one attached hydrogen (secondary N) is 1. The number of rotatable bonds is 6. The fourth-order valence-electron chi connectivity index (χ4n) is 1.96. The second kappa shape index (κ2) is 6.85. The second-order valence-electron chi connectivity index (χ2n) is 4.94. The molecule has 3 aromatic rings. The van der Waals surface area contributed by atoms with E-state index in [1.165, 1.54) is 24.3 Å². The molecule has 9 heteroatoms. The topological polar surface area (TPSA) is 98.0 Å². The zero-order chi connectivity index (χ0) is 17.0. The number of nitrogens with zero attached hydrogens (tertiary/aromatic N) is 3. The van der Waals surface area contributed by atoms with E-state index in [4.69, 9.17) is 4.42 Å². The summed E-state index contributed by atoms with van der Waals surface area (Å²) in [6.07, 6.45) is 3.18. The van der Waals surface area contributed by atoms with Gasteiger partial charge in [0, 0.05) is 18.0 Å². The fraction of sp³-hybridized carbons (Fsp3) is 0.133. The second-order valence-corrected chi connectivity index (χ2v) is 6.75. The first kappa shape index (κ1) is 16.2. The maximum atomic E-state index is 12.8. The molecule has 0 amide bonds. The van der Waals surface area contributed by atoms with Crippen LogP contribution < -0.4 is 4.72 Å². The molecule has 124 valence electrons. The zero-order valence-electron chi connectivity index (χ0n) is 12.4. The average molecular weight is 348 g/mol. The molecule has 0 fully saturated rings. The molecule has 0 spiro atoms.